The Kier molecular flexibility index (Phi) is 5.01. The first-order valence-corrected chi connectivity index (χ1v) is 11.6. The smallest absolute Gasteiger partial charge is 0.234 e. The summed E-state index contributed by atoms with van der Waals surface area (Å²) in [5, 5.41) is 3.93. The summed E-state index contributed by atoms with van der Waals surface area (Å²) in [4.78, 5) is 21.5. The van der Waals surface area contributed by atoms with Crippen molar-refractivity contribution < 1.29 is 4.79 Å². The molecule has 0 aliphatic rings. The molecule has 0 fully saturated rings. The SMILES string of the molecule is O=C(CSc1nc2ccccc2s1)Nc1ccc(-c2nc3ccccc3s2)cc1. The number of rotatable bonds is 5. The molecule has 0 saturated heterocycles. The lowest BCUT2D eigenvalue weighted by Crippen LogP contribution is -2.13. The van der Waals surface area contributed by atoms with E-state index in [0.717, 1.165) is 36.3 Å². The zero-order valence-corrected chi connectivity index (χ0v) is 17.6. The number of fused-ring (bicyclic) bond motifs is 2. The first kappa shape index (κ1) is 18.3. The average Bonchev–Trinajstić information content (AvgIpc) is 3.36. The lowest BCUT2D eigenvalue weighted by molar-refractivity contribution is -0.113. The van der Waals surface area contributed by atoms with E-state index in [1.807, 2.05) is 66.7 Å². The van der Waals surface area contributed by atoms with Crippen molar-refractivity contribution in [3.05, 3.63) is 72.8 Å². The van der Waals surface area contributed by atoms with Crippen LogP contribution >= 0.6 is 34.4 Å². The Balaban J connectivity index is 1.22. The van der Waals surface area contributed by atoms with E-state index in [9.17, 15) is 4.79 Å². The first-order chi connectivity index (χ1) is 14.2. The second-order valence-corrected chi connectivity index (χ2v) is 9.63. The van der Waals surface area contributed by atoms with E-state index in [-0.39, 0.29) is 5.91 Å². The highest BCUT2D eigenvalue weighted by molar-refractivity contribution is 8.01. The number of carbonyl (C=O) groups excluding carboxylic acids is 1. The fraction of sp³-hybridized carbons (Fsp3) is 0.0455. The molecule has 0 radical (unpaired) electrons. The minimum Gasteiger partial charge on any atom is -0.325 e. The molecule has 0 aliphatic carbocycles. The highest BCUT2D eigenvalue weighted by Gasteiger charge is 2.09. The summed E-state index contributed by atoms with van der Waals surface area (Å²) in [7, 11) is 0. The summed E-state index contributed by atoms with van der Waals surface area (Å²) in [5.74, 6) is 0.293. The van der Waals surface area contributed by atoms with Crippen LogP contribution in [0.15, 0.2) is 77.1 Å². The van der Waals surface area contributed by atoms with Crippen molar-refractivity contribution in [3.8, 4) is 10.6 Å². The van der Waals surface area contributed by atoms with Crippen molar-refractivity contribution in [3.63, 3.8) is 0 Å². The number of hydrogen-bond donors (Lipinski definition) is 1. The van der Waals surface area contributed by atoms with E-state index >= 15 is 0 Å². The third-order valence-corrected chi connectivity index (χ3v) is 7.58. The van der Waals surface area contributed by atoms with Gasteiger partial charge in [-0.05, 0) is 48.5 Å². The molecule has 1 N–H and O–H groups in total. The lowest BCUT2D eigenvalue weighted by Gasteiger charge is -2.05. The van der Waals surface area contributed by atoms with Crippen LogP contribution in [0, 0.1) is 0 Å². The molecule has 1 amide bonds. The van der Waals surface area contributed by atoms with E-state index < -0.39 is 0 Å². The zero-order chi connectivity index (χ0) is 19.6. The molecule has 2 heterocycles. The summed E-state index contributed by atoms with van der Waals surface area (Å²) >= 11 is 4.75. The molecule has 0 unspecified atom stereocenters. The number of carbonyl (C=O) groups is 1. The minimum atomic E-state index is -0.0398. The van der Waals surface area contributed by atoms with Crippen LogP contribution < -0.4 is 5.32 Å². The van der Waals surface area contributed by atoms with Crippen molar-refractivity contribution in [1.82, 2.24) is 9.97 Å². The lowest BCUT2D eigenvalue weighted by atomic mass is 10.2. The van der Waals surface area contributed by atoms with Crippen LogP contribution in [0.4, 0.5) is 5.69 Å². The van der Waals surface area contributed by atoms with Gasteiger partial charge in [-0.3, -0.25) is 4.79 Å². The molecule has 0 aliphatic heterocycles. The Morgan fingerprint density at radius 2 is 1.48 bits per heavy atom. The van der Waals surface area contributed by atoms with E-state index in [1.165, 1.54) is 16.5 Å². The monoisotopic (exact) mass is 433 g/mol. The van der Waals surface area contributed by atoms with Gasteiger partial charge in [-0.1, -0.05) is 36.0 Å². The van der Waals surface area contributed by atoms with Gasteiger partial charge in [0, 0.05) is 11.3 Å². The first-order valence-electron chi connectivity index (χ1n) is 8.99. The van der Waals surface area contributed by atoms with Crippen molar-refractivity contribution in [2.24, 2.45) is 0 Å². The van der Waals surface area contributed by atoms with Gasteiger partial charge in [0.25, 0.3) is 0 Å². The molecule has 2 aromatic heterocycles. The molecule has 0 spiro atoms. The van der Waals surface area contributed by atoms with Crippen molar-refractivity contribution >= 4 is 66.5 Å². The van der Waals surface area contributed by atoms with Gasteiger partial charge in [-0.25, -0.2) is 9.97 Å². The molecule has 5 rings (SSSR count). The van der Waals surface area contributed by atoms with Crippen molar-refractivity contribution in [2.45, 2.75) is 4.34 Å². The maximum atomic E-state index is 12.3. The maximum absolute atomic E-state index is 12.3. The van der Waals surface area contributed by atoms with Crippen LogP contribution in [0.25, 0.3) is 31.0 Å². The average molecular weight is 434 g/mol. The molecule has 3 aromatic carbocycles. The summed E-state index contributed by atoms with van der Waals surface area (Å²) in [6.45, 7) is 0. The van der Waals surface area contributed by atoms with E-state index in [2.05, 4.69) is 21.4 Å². The number of amides is 1. The number of aromatic nitrogens is 2. The molecule has 142 valence electrons. The van der Waals surface area contributed by atoms with Crippen LogP contribution in [0.5, 0.6) is 0 Å². The maximum Gasteiger partial charge on any atom is 0.234 e. The number of anilines is 1. The van der Waals surface area contributed by atoms with E-state index in [1.54, 1.807) is 22.7 Å². The minimum absolute atomic E-state index is 0.0398. The molecule has 4 nitrogen and oxygen atoms in total. The van der Waals surface area contributed by atoms with Gasteiger partial charge < -0.3 is 5.32 Å². The van der Waals surface area contributed by atoms with E-state index in [4.69, 9.17) is 0 Å². The van der Waals surface area contributed by atoms with Crippen molar-refractivity contribution in [1.29, 1.82) is 0 Å². The van der Waals surface area contributed by atoms with Crippen LogP contribution in [-0.4, -0.2) is 21.6 Å². The molecule has 0 atom stereocenters. The van der Waals surface area contributed by atoms with Gasteiger partial charge in [0.15, 0.2) is 4.34 Å². The molecular formula is C22H15N3OS3. The third kappa shape index (κ3) is 4.03. The number of benzene rings is 3. The van der Waals surface area contributed by atoms with Crippen LogP contribution in [0.2, 0.25) is 0 Å². The third-order valence-electron chi connectivity index (χ3n) is 4.31. The Morgan fingerprint density at radius 1 is 0.828 bits per heavy atom. The molecule has 0 saturated carbocycles. The zero-order valence-electron chi connectivity index (χ0n) is 15.2. The van der Waals surface area contributed by atoms with E-state index in [0.29, 0.717) is 5.75 Å². The molecule has 0 bridgehead atoms. The van der Waals surface area contributed by atoms with Crippen LogP contribution in [0.3, 0.4) is 0 Å². The Bertz CT molecular complexity index is 1240. The molecule has 5 aromatic rings. The number of thioether (sulfide) groups is 1. The summed E-state index contributed by atoms with van der Waals surface area (Å²) < 4.78 is 3.22. The van der Waals surface area contributed by atoms with Gasteiger partial charge in [0.1, 0.15) is 5.01 Å². The molecular weight excluding hydrogens is 418 g/mol. The highest BCUT2D eigenvalue weighted by atomic mass is 32.2. The quantitative estimate of drug-likeness (QED) is 0.330. The second-order valence-electron chi connectivity index (χ2n) is 6.35. The molecule has 7 heteroatoms. The fourth-order valence-electron chi connectivity index (χ4n) is 2.93. The normalized spacial score (nSPS) is 11.2. The van der Waals surface area contributed by atoms with Crippen LogP contribution in [-0.2, 0) is 4.79 Å². The van der Waals surface area contributed by atoms with Gasteiger partial charge in [0.2, 0.25) is 5.91 Å². The number of para-hydroxylation sites is 2. The Labute approximate surface area is 179 Å². The van der Waals surface area contributed by atoms with Crippen LogP contribution in [0.1, 0.15) is 0 Å². The predicted octanol–water partition coefficient (Wildman–Crippen LogP) is 6.30. The topological polar surface area (TPSA) is 54.9 Å². The summed E-state index contributed by atoms with van der Waals surface area (Å²) in [6, 6.07) is 24.0. The number of thiazole rings is 2. The predicted molar refractivity (Wildman–Crippen MR) is 124 cm³/mol. The van der Waals surface area contributed by atoms with Gasteiger partial charge in [-0.2, -0.15) is 0 Å². The fourth-order valence-corrected chi connectivity index (χ4v) is 5.77. The van der Waals surface area contributed by atoms with Crippen molar-refractivity contribution in [2.75, 3.05) is 11.1 Å². The second kappa shape index (κ2) is 7.94. The Hall–Kier alpha value is -2.74. The number of nitrogens with one attached hydrogen (secondary N) is 1. The molecule has 29 heavy (non-hydrogen) atoms. The highest BCUT2D eigenvalue weighted by Crippen LogP contribution is 2.31. The van der Waals surface area contributed by atoms with Gasteiger partial charge in [0.05, 0.1) is 26.2 Å². The summed E-state index contributed by atoms with van der Waals surface area (Å²) in [6.07, 6.45) is 0. The standard InChI is InChI=1S/C22H15N3OS3/c26-20(13-27-22-25-17-6-2-4-8-19(17)29-22)23-15-11-9-14(10-12-15)21-24-16-5-1-3-7-18(16)28-21/h1-12H,13H2,(H,23,26). The number of nitrogens with zero attached hydrogens (tertiary/aromatic N) is 2. The largest absolute Gasteiger partial charge is 0.325 e. The summed E-state index contributed by atoms with van der Waals surface area (Å²) in [5.41, 5.74) is 3.82. The Morgan fingerprint density at radius 3 is 2.17 bits per heavy atom. The number of hydrogen-bond acceptors (Lipinski definition) is 6. The van der Waals surface area contributed by atoms with Gasteiger partial charge in [-0.15, -0.1) is 22.7 Å². The van der Waals surface area contributed by atoms with Gasteiger partial charge >= 0.3 is 0 Å².